The Bertz CT molecular complexity index is 716. The molecule has 0 saturated carbocycles. The summed E-state index contributed by atoms with van der Waals surface area (Å²) in [4.78, 5) is 25.3. The number of amides is 2. The zero-order valence-electron chi connectivity index (χ0n) is 15.5. The molecule has 1 N–H and O–H groups in total. The summed E-state index contributed by atoms with van der Waals surface area (Å²) in [6, 6.07) is 1.20. The lowest BCUT2D eigenvalue weighted by Crippen LogP contribution is -2.33. The van der Waals surface area contributed by atoms with Crippen LogP contribution < -0.4 is 5.32 Å². The molecule has 1 aliphatic rings. The molecule has 1 aromatic rings. The Hall–Kier alpha value is -2.30. The molecular weight excluding hydrogens is 406 g/mol. The minimum Gasteiger partial charge on any atom is -0.385 e. The summed E-state index contributed by atoms with van der Waals surface area (Å²) in [6.45, 7) is 0.249. The number of carbonyl (C=O) groups excluding carboxylic acids is 2. The molecule has 2 rings (SSSR count). The van der Waals surface area contributed by atoms with Crippen LogP contribution in [0.5, 0.6) is 0 Å². The predicted molar refractivity (Wildman–Crippen MR) is 89.5 cm³/mol. The van der Waals surface area contributed by atoms with Crippen molar-refractivity contribution in [3.63, 3.8) is 0 Å². The number of carbonyl (C=O) groups is 2. The lowest BCUT2D eigenvalue weighted by Gasteiger charge is -2.19. The second-order valence-electron chi connectivity index (χ2n) is 6.73. The molecule has 1 saturated heterocycles. The highest BCUT2D eigenvalue weighted by atomic mass is 19.4. The maximum atomic E-state index is 13.0. The minimum absolute atomic E-state index is 0.0333. The van der Waals surface area contributed by atoms with Gasteiger partial charge in [0.25, 0.3) is 0 Å². The third-order valence-corrected chi connectivity index (χ3v) is 4.43. The lowest BCUT2D eigenvalue weighted by atomic mass is 10.0. The smallest absolute Gasteiger partial charge is 0.385 e. The molecule has 0 spiro atoms. The van der Waals surface area contributed by atoms with Crippen molar-refractivity contribution in [2.75, 3.05) is 26.8 Å². The molecule has 1 fully saturated rings. The van der Waals surface area contributed by atoms with Crippen molar-refractivity contribution in [1.82, 2.24) is 10.2 Å². The normalized spacial score (nSPS) is 17.7. The highest BCUT2D eigenvalue weighted by Gasteiger charge is 2.38. The van der Waals surface area contributed by atoms with Gasteiger partial charge in [-0.2, -0.15) is 26.3 Å². The first-order valence-electron chi connectivity index (χ1n) is 8.74. The van der Waals surface area contributed by atoms with E-state index in [1.165, 1.54) is 7.11 Å². The van der Waals surface area contributed by atoms with Gasteiger partial charge in [0.05, 0.1) is 17.0 Å². The van der Waals surface area contributed by atoms with Crippen LogP contribution in [0.3, 0.4) is 0 Å². The number of ether oxygens (including phenoxy) is 1. The molecule has 1 aliphatic heterocycles. The van der Waals surface area contributed by atoms with Gasteiger partial charge in [0.2, 0.25) is 11.8 Å². The van der Waals surface area contributed by atoms with Crippen molar-refractivity contribution in [3.05, 3.63) is 34.9 Å². The Morgan fingerprint density at radius 1 is 1.14 bits per heavy atom. The molecule has 2 amide bonds. The van der Waals surface area contributed by atoms with Gasteiger partial charge in [0.15, 0.2) is 0 Å². The summed E-state index contributed by atoms with van der Waals surface area (Å²) in [5.74, 6) is -1.61. The first kappa shape index (κ1) is 23.0. The van der Waals surface area contributed by atoms with Gasteiger partial charge in [-0.3, -0.25) is 9.59 Å². The van der Waals surface area contributed by atoms with Crippen LogP contribution in [0.1, 0.15) is 29.5 Å². The molecule has 162 valence electrons. The third kappa shape index (κ3) is 6.34. The number of rotatable bonds is 7. The van der Waals surface area contributed by atoms with Crippen LogP contribution >= 0.6 is 0 Å². The number of hydrogen-bond donors (Lipinski definition) is 1. The van der Waals surface area contributed by atoms with E-state index in [4.69, 9.17) is 4.74 Å². The summed E-state index contributed by atoms with van der Waals surface area (Å²) in [5.41, 5.74) is -3.19. The lowest BCUT2D eigenvalue weighted by molar-refractivity contribution is -0.143. The topological polar surface area (TPSA) is 58.6 Å². The highest BCUT2D eigenvalue weighted by Crippen LogP contribution is 2.36. The summed E-state index contributed by atoms with van der Waals surface area (Å²) >= 11 is 0. The second kappa shape index (κ2) is 9.02. The molecule has 11 heteroatoms. The van der Waals surface area contributed by atoms with E-state index in [-0.39, 0.29) is 24.6 Å². The molecule has 5 nitrogen and oxygen atoms in total. The number of nitrogens with zero attached hydrogens (tertiary/aromatic N) is 1. The van der Waals surface area contributed by atoms with Crippen molar-refractivity contribution in [3.8, 4) is 0 Å². The molecule has 1 aromatic carbocycles. The Morgan fingerprint density at radius 3 is 2.24 bits per heavy atom. The first-order valence-corrected chi connectivity index (χ1v) is 8.74. The van der Waals surface area contributed by atoms with E-state index in [0.29, 0.717) is 31.7 Å². The van der Waals surface area contributed by atoms with E-state index in [1.807, 2.05) is 0 Å². The van der Waals surface area contributed by atoms with E-state index >= 15 is 0 Å². The van der Waals surface area contributed by atoms with E-state index in [9.17, 15) is 35.9 Å². The molecule has 0 aliphatic carbocycles. The SMILES string of the molecule is COCCCNC(=O)[C@@H]1CC(=O)N(Cc2cc(C(F)(F)F)cc(C(F)(F)F)c2)C1. The molecule has 0 bridgehead atoms. The van der Waals surface area contributed by atoms with E-state index in [2.05, 4.69) is 5.32 Å². The first-order chi connectivity index (χ1) is 13.4. The molecular formula is C18H20F6N2O3. The third-order valence-electron chi connectivity index (χ3n) is 4.43. The van der Waals surface area contributed by atoms with E-state index < -0.39 is 47.8 Å². The maximum absolute atomic E-state index is 13.0. The molecule has 0 unspecified atom stereocenters. The summed E-state index contributed by atoms with van der Waals surface area (Å²) in [6.07, 6.45) is -9.51. The quantitative estimate of drug-likeness (QED) is 0.538. The van der Waals surface area contributed by atoms with Crippen molar-refractivity contribution in [2.45, 2.75) is 31.7 Å². The number of methoxy groups -OCH3 is 1. The van der Waals surface area contributed by atoms with Crippen LogP contribution in [0.25, 0.3) is 0 Å². The van der Waals surface area contributed by atoms with Crippen LogP contribution in [-0.2, 0) is 33.2 Å². The Morgan fingerprint density at radius 2 is 1.72 bits per heavy atom. The predicted octanol–water partition coefficient (Wildman–Crippen LogP) is 3.23. The molecule has 0 aromatic heterocycles. The molecule has 29 heavy (non-hydrogen) atoms. The van der Waals surface area contributed by atoms with Crippen LogP contribution in [0.2, 0.25) is 0 Å². The summed E-state index contributed by atoms with van der Waals surface area (Å²) in [5, 5.41) is 2.63. The minimum atomic E-state index is -4.96. The fourth-order valence-corrected chi connectivity index (χ4v) is 3.00. The van der Waals surface area contributed by atoms with Crippen LogP contribution in [0, 0.1) is 5.92 Å². The summed E-state index contributed by atoms with van der Waals surface area (Å²) < 4.78 is 82.6. The number of alkyl halides is 6. The van der Waals surface area contributed by atoms with Gasteiger partial charge in [-0.25, -0.2) is 0 Å². The maximum Gasteiger partial charge on any atom is 0.416 e. The van der Waals surface area contributed by atoms with Gasteiger partial charge in [0, 0.05) is 39.8 Å². The van der Waals surface area contributed by atoms with Crippen LogP contribution in [0.15, 0.2) is 18.2 Å². The molecule has 1 heterocycles. The zero-order valence-corrected chi connectivity index (χ0v) is 15.5. The number of likely N-dealkylation sites (tertiary alicyclic amines) is 1. The molecule has 0 radical (unpaired) electrons. The zero-order chi connectivity index (χ0) is 21.8. The van der Waals surface area contributed by atoms with Crippen LogP contribution in [-0.4, -0.2) is 43.5 Å². The number of benzene rings is 1. The Balaban J connectivity index is 2.11. The highest BCUT2D eigenvalue weighted by molar-refractivity contribution is 5.89. The van der Waals surface area contributed by atoms with Crippen molar-refractivity contribution < 1.29 is 40.7 Å². The van der Waals surface area contributed by atoms with Gasteiger partial charge in [-0.05, 0) is 30.2 Å². The largest absolute Gasteiger partial charge is 0.416 e. The Kier molecular flexibility index (Phi) is 7.15. The van der Waals surface area contributed by atoms with E-state index in [0.717, 1.165) is 4.90 Å². The second-order valence-corrected chi connectivity index (χ2v) is 6.73. The number of hydrogen-bond acceptors (Lipinski definition) is 3. The van der Waals surface area contributed by atoms with Gasteiger partial charge in [0.1, 0.15) is 0 Å². The van der Waals surface area contributed by atoms with Crippen LogP contribution in [0.4, 0.5) is 26.3 Å². The monoisotopic (exact) mass is 426 g/mol. The van der Waals surface area contributed by atoms with Gasteiger partial charge in [-0.1, -0.05) is 0 Å². The molecule has 1 atom stereocenters. The van der Waals surface area contributed by atoms with Gasteiger partial charge >= 0.3 is 12.4 Å². The average molecular weight is 426 g/mol. The average Bonchev–Trinajstić information content (AvgIpc) is 2.97. The standard InChI is InChI=1S/C18H20F6N2O3/c1-29-4-2-3-25-16(28)12-7-15(27)26(10-12)9-11-5-13(17(19,20)21)8-14(6-11)18(22,23)24/h5-6,8,12H,2-4,7,9-10H2,1H3,(H,25,28)/t12-/m1/s1. The Labute approximate surface area is 163 Å². The van der Waals surface area contributed by atoms with Gasteiger partial charge < -0.3 is 15.0 Å². The number of halogens is 6. The van der Waals surface area contributed by atoms with Crippen molar-refractivity contribution >= 4 is 11.8 Å². The fraction of sp³-hybridized carbons (Fsp3) is 0.556. The van der Waals surface area contributed by atoms with Gasteiger partial charge in [-0.15, -0.1) is 0 Å². The number of nitrogens with one attached hydrogen (secondary N) is 1. The van der Waals surface area contributed by atoms with Crippen molar-refractivity contribution in [1.29, 1.82) is 0 Å². The van der Waals surface area contributed by atoms with Crippen molar-refractivity contribution in [2.24, 2.45) is 5.92 Å². The summed E-state index contributed by atoms with van der Waals surface area (Å²) in [7, 11) is 1.51. The fourth-order valence-electron chi connectivity index (χ4n) is 3.00. The van der Waals surface area contributed by atoms with E-state index in [1.54, 1.807) is 0 Å².